The van der Waals surface area contributed by atoms with Crippen molar-refractivity contribution in [3.63, 3.8) is 0 Å². The number of hydrogen-bond acceptors (Lipinski definition) is 2. The molecular formula is C14H18N2O2. The fourth-order valence-corrected chi connectivity index (χ4v) is 1.73. The van der Waals surface area contributed by atoms with E-state index in [0.717, 1.165) is 30.3 Å². The topological polar surface area (TPSA) is 54.1 Å². The first-order valence-electron chi connectivity index (χ1n) is 6.26. The number of hydrogen-bond donors (Lipinski definition) is 2. The molecule has 4 nitrogen and oxygen atoms in total. The van der Waals surface area contributed by atoms with Gasteiger partial charge in [-0.3, -0.25) is 4.79 Å². The summed E-state index contributed by atoms with van der Waals surface area (Å²) in [5.74, 6) is 0.644. The lowest BCUT2D eigenvalue weighted by atomic mass is 10.2. The van der Waals surface area contributed by atoms with E-state index in [-0.39, 0.29) is 12.5 Å². The number of nitrogens with one attached hydrogen (secondary N) is 2. The number of ether oxygens (including phenoxy) is 1. The Morgan fingerprint density at radius 3 is 3.11 bits per heavy atom. The van der Waals surface area contributed by atoms with Crippen molar-refractivity contribution in [2.24, 2.45) is 0 Å². The second-order valence-electron chi connectivity index (χ2n) is 4.22. The molecule has 18 heavy (non-hydrogen) atoms. The van der Waals surface area contributed by atoms with Crippen LogP contribution in [0.25, 0.3) is 10.9 Å². The summed E-state index contributed by atoms with van der Waals surface area (Å²) in [4.78, 5) is 14.6. The van der Waals surface area contributed by atoms with Gasteiger partial charge in [0.2, 0.25) is 0 Å². The Morgan fingerprint density at radius 1 is 1.39 bits per heavy atom. The highest BCUT2D eigenvalue weighted by atomic mass is 16.5. The molecule has 2 aromatic rings. The zero-order chi connectivity index (χ0) is 12.8. The Balaban J connectivity index is 1.83. The molecule has 1 heterocycles. The number of rotatable bonds is 6. The lowest BCUT2D eigenvalue weighted by molar-refractivity contribution is -0.123. The second-order valence-corrected chi connectivity index (χ2v) is 4.22. The third kappa shape index (κ3) is 3.26. The van der Waals surface area contributed by atoms with E-state index in [4.69, 9.17) is 4.74 Å². The lowest BCUT2D eigenvalue weighted by Gasteiger charge is -2.07. The number of carbonyl (C=O) groups is 1. The summed E-state index contributed by atoms with van der Waals surface area (Å²) in [6, 6.07) is 7.70. The van der Waals surface area contributed by atoms with Crippen LogP contribution >= 0.6 is 0 Å². The minimum atomic E-state index is -0.0717. The van der Waals surface area contributed by atoms with Crippen LogP contribution in [0.3, 0.4) is 0 Å². The van der Waals surface area contributed by atoms with Gasteiger partial charge in [-0.25, -0.2) is 0 Å². The molecule has 0 atom stereocenters. The average molecular weight is 246 g/mol. The van der Waals surface area contributed by atoms with Crippen LogP contribution < -0.4 is 10.1 Å². The van der Waals surface area contributed by atoms with E-state index in [9.17, 15) is 4.79 Å². The van der Waals surface area contributed by atoms with Gasteiger partial charge in [0.25, 0.3) is 5.91 Å². The van der Waals surface area contributed by atoms with Gasteiger partial charge in [-0.05, 0) is 30.7 Å². The fraction of sp³-hybridized carbons (Fsp3) is 0.357. The first-order valence-corrected chi connectivity index (χ1v) is 6.26. The minimum absolute atomic E-state index is 0.0691. The monoisotopic (exact) mass is 246 g/mol. The number of aromatic amines is 1. The first kappa shape index (κ1) is 12.5. The molecule has 0 fully saturated rings. The SMILES string of the molecule is CCCCNC(=O)COc1ccc2[nH]ccc2c1. The lowest BCUT2D eigenvalue weighted by Crippen LogP contribution is -2.29. The summed E-state index contributed by atoms with van der Waals surface area (Å²) in [5, 5.41) is 3.90. The maximum atomic E-state index is 11.5. The molecule has 0 unspecified atom stereocenters. The number of unbranched alkanes of at least 4 members (excludes halogenated alkanes) is 1. The molecule has 0 aliphatic rings. The van der Waals surface area contributed by atoms with Gasteiger partial charge >= 0.3 is 0 Å². The highest BCUT2D eigenvalue weighted by Crippen LogP contribution is 2.19. The van der Waals surface area contributed by atoms with E-state index < -0.39 is 0 Å². The predicted molar refractivity (Wildman–Crippen MR) is 71.7 cm³/mol. The number of aromatic nitrogens is 1. The normalized spacial score (nSPS) is 10.5. The smallest absolute Gasteiger partial charge is 0.257 e. The van der Waals surface area contributed by atoms with E-state index >= 15 is 0 Å². The predicted octanol–water partition coefficient (Wildman–Crippen LogP) is 2.46. The number of fused-ring (bicyclic) bond motifs is 1. The Morgan fingerprint density at radius 2 is 2.28 bits per heavy atom. The molecule has 0 radical (unpaired) electrons. The van der Waals surface area contributed by atoms with Crippen molar-refractivity contribution < 1.29 is 9.53 Å². The zero-order valence-corrected chi connectivity index (χ0v) is 10.5. The maximum Gasteiger partial charge on any atom is 0.257 e. The molecule has 4 heteroatoms. The average Bonchev–Trinajstić information content (AvgIpc) is 2.84. The molecule has 1 aromatic carbocycles. The van der Waals surface area contributed by atoms with Gasteiger partial charge in [-0.2, -0.15) is 0 Å². The molecule has 2 N–H and O–H groups in total. The number of carbonyl (C=O) groups excluding carboxylic acids is 1. The largest absolute Gasteiger partial charge is 0.484 e. The van der Waals surface area contributed by atoms with Crippen molar-refractivity contribution in [3.05, 3.63) is 30.5 Å². The Hall–Kier alpha value is -1.97. The highest BCUT2D eigenvalue weighted by molar-refractivity contribution is 5.81. The summed E-state index contributed by atoms with van der Waals surface area (Å²) < 4.78 is 5.45. The van der Waals surface area contributed by atoms with E-state index in [1.54, 1.807) is 0 Å². The Kier molecular flexibility index (Phi) is 4.23. The van der Waals surface area contributed by atoms with E-state index in [0.29, 0.717) is 5.75 Å². The number of amides is 1. The van der Waals surface area contributed by atoms with Gasteiger partial charge in [0.1, 0.15) is 5.75 Å². The standard InChI is InChI=1S/C14H18N2O2/c1-2-3-7-16-14(17)10-18-12-4-5-13-11(9-12)6-8-15-13/h4-6,8-9,15H,2-3,7,10H2,1H3,(H,16,17). The third-order valence-corrected chi connectivity index (χ3v) is 2.75. The molecule has 1 amide bonds. The number of H-pyrrole nitrogens is 1. The van der Waals surface area contributed by atoms with Gasteiger partial charge in [0.15, 0.2) is 6.61 Å². The van der Waals surface area contributed by atoms with Gasteiger partial charge in [-0.1, -0.05) is 13.3 Å². The van der Waals surface area contributed by atoms with Crippen LogP contribution in [0.5, 0.6) is 5.75 Å². The van der Waals surface area contributed by atoms with Crippen LogP contribution in [-0.4, -0.2) is 24.0 Å². The molecule has 2 rings (SSSR count). The van der Waals surface area contributed by atoms with Crippen molar-refractivity contribution >= 4 is 16.8 Å². The minimum Gasteiger partial charge on any atom is -0.484 e. The molecule has 0 aliphatic carbocycles. The van der Waals surface area contributed by atoms with Crippen molar-refractivity contribution in [2.45, 2.75) is 19.8 Å². The third-order valence-electron chi connectivity index (χ3n) is 2.75. The summed E-state index contributed by atoms with van der Waals surface area (Å²) in [6.45, 7) is 2.88. The zero-order valence-electron chi connectivity index (χ0n) is 10.5. The fourth-order valence-electron chi connectivity index (χ4n) is 1.73. The van der Waals surface area contributed by atoms with Crippen LogP contribution in [0.1, 0.15) is 19.8 Å². The molecule has 0 bridgehead atoms. The van der Waals surface area contributed by atoms with Crippen LogP contribution in [0.2, 0.25) is 0 Å². The van der Waals surface area contributed by atoms with Gasteiger partial charge in [0.05, 0.1) is 0 Å². The molecule has 96 valence electrons. The Labute approximate surface area is 106 Å². The van der Waals surface area contributed by atoms with Gasteiger partial charge in [0, 0.05) is 23.6 Å². The molecule has 0 aliphatic heterocycles. The number of benzene rings is 1. The van der Waals surface area contributed by atoms with E-state index in [2.05, 4.69) is 17.2 Å². The molecule has 0 spiro atoms. The van der Waals surface area contributed by atoms with E-state index in [1.165, 1.54) is 0 Å². The molecule has 0 saturated heterocycles. The van der Waals surface area contributed by atoms with Crippen molar-refractivity contribution in [2.75, 3.05) is 13.2 Å². The summed E-state index contributed by atoms with van der Waals surface area (Å²) >= 11 is 0. The van der Waals surface area contributed by atoms with Crippen molar-refractivity contribution in [3.8, 4) is 5.75 Å². The first-order chi connectivity index (χ1) is 8.79. The van der Waals surface area contributed by atoms with Crippen molar-refractivity contribution in [1.82, 2.24) is 10.3 Å². The molecular weight excluding hydrogens is 228 g/mol. The van der Waals surface area contributed by atoms with Crippen LogP contribution in [0, 0.1) is 0 Å². The summed E-state index contributed by atoms with van der Waals surface area (Å²) in [7, 11) is 0. The maximum absolute atomic E-state index is 11.5. The highest BCUT2D eigenvalue weighted by Gasteiger charge is 2.03. The van der Waals surface area contributed by atoms with E-state index in [1.807, 2.05) is 30.5 Å². The quantitative estimate of drug-likeness (QED) is 0.769. The summed E-state index contributed by atoms with van der Waals surface area (Å²) in [5.41, 5.74) is 1.06. The molecule has 0 saturated carbocycles. The van der Waals surface area contributed by atoms with Crippen LogP contribution in [0.4, 0.5) is 0 Å². The van der Waals surface area contributed by atoms with Crippen LogP contribution in [0.15, 0.2) is 30.5 Å². The summed E-state index contributed by atoms with van der Waals surface area (Å²) in [6.07, 6.45) is 3.96. The van der Waals surface area contributed by atoms with Gasteiger partial charge < -0.3 is 15.0 Å². The van der Waals surface area contributed by atoms with Crippen LogP contribution in [-0.2, 0) is 4.79 Å². The molecule has 1 aromatic heterocycles. The van der Waals surface area contributed by atoms with Crippen molar-refractivity contribution in [1.29, 1.82) is 0 Å². The van der Waals surface area contributed by atoms with Gasteiger partial charge in [-0.15, -0.1) is 0 Å². The second kappa shape index (κ2) is 6.10. The Bertz CT molecular complexity index is 519.